The maximum Gasteiger partial charge on any atom is 0.137 e. The summed E-state index contributed by atoms with van der Waals surface area (Å²) >= 11 is 3.16. The van der Waals surface area contributed by atoms with Gasteiger partial charge in [-0.3, -0.25) is 0 Å². The smallest absolute Gasteiger partial charge is 0.137 e. The fourth-order valence-electron chi connectivity index (χ4n) is 1.86. The van der Waals surface area contributed by atoms with Crippen molar-refractivity contribution in [2.75, 3.05) is 19.1 Å². The van der Waals surface area contributed by atoms with Gasteiger partial charge in [-0.05, 0) is 44.6 Å². The van der Waals surface area contributed by atoms with E-state index in [1.54, 1.807) is 23.5 Å². The lowest BCUT2D eigenvalue weighted by atomic mass is 10.00. The first kappa shape index (κ1) is 20.0. The van der Waals surface area contributed by atoms with Crippen LogP contribution in [0.4, 0.5) is 0 Å². The summed E-state index contributed by atoms with van der Waals surface area (Å²) in [6.07, 6.45) is 7.80. The molecule has 5 heteroatoms. The molecule has 0 saturated carbocycles. The molecule has 0 unspecified atom stereocenters. The number of thioether (sulfide) groups is 2. The summed E-state index contributed by atoms with van der Waals surface area (Å²) in [6, 6.07) is 11.5. The Morgan fingerprint density at radius 2 is 1.75 bits per heavy atom. The van der Waals surface area contributed by atoms with Gasteiger partial charge in [0.25, 0.3) is 0 Å². The molecule has 0 heterocycles. The van der Waals surface area contributed by atoms with E-state index in [1.807, 2.05) is 74.9 Å². The van der Waals surface area contributed by atoms with E-state index in [-0.39, 0.29) is 5.57 Å². The van der Waals surface area contributed by atoms with Crippen LogP contribution in [0.15, 0.2) is 51.8 Å². The van der Waals surface area contributed by atoms with Gasteiger partial charge in [-0.15, -0.1) is 23.5 Å². The summed E-state index contributed by atoms with van der Waals surface area (Å²) in [5, 5.41) is 18.7. The highest BCUT2D eigenvalue weighted by Crippen LogP contribution is 2.34. The van der Waals surface area contributed by atoms with Crippen molar-refractivity contribution in [2.45, 2.75) is 13.8 Å². The lowest BCUT2D eigenvalue weighted by Crippen LogP contribution is -1.98. The summed E-state index contributed by atoms with van der Waals surface area (Å²) in [5.41, 5.74) is 2.59. The minimum absolute atomic E-state index is 0.0777. The largest absolute Gasteiger partial charge is 0.489 e. The summed E-state index contributed by atoms with van der Waals surface area (Å²) in [5.74, 6) is 0.658. The van der Waals surface area contributed by atoms with Crippen molar-refractivity contribution in [2.24, 2.45) is 0 Å². The van der Waals surface area contributed by atoms with Gasteiger partial charge >= 0.3 is 0 Å². The molecule has 1 aromatic rings. The molecule has 0 aliphatic rings. The zero-order valence-electron chi connectivity index (χ0n) is 14.3. The molecule has 3 nitrogen and oxygen atoms in total. The average molecular weight is 357 g/mol. The summed E-state index contributed by atoms with van der Waals surface area (Å²) in [7, 11) is 0. The molecule has 124 valence electrons. The second-order valence-electron chi connectivity index (χ2n) is 4.97. The zero-order chi connectivity index (χ0) is 17.9. The molecule has 0 aromatic heterocycles. The van der Waals surface area contributed by atoms with E-state index in [1.165, 1.54) is 5.57 Å². The predicted octanol–water partition coefficient (Wildman–Crippen LogP) is 5.40. The number of benzene rings is 1. The first-order valence-corrected chi connectivity index (χ1v) is 9.72. The number of hydrogen-bond donors (Lipinski definition) is 0. The lowest BCUT2D eigenvalue weighted by Gasteiger charge is -2.12. The predicted molar refractivity (Wildman–Crippen MR) is 105 cm³/mol. The number of rotatable bonds is 7. The molecule has 0 N–H and O–H groups in total. The number of nitriles is 2. The van der Waals surface area contributed by atoms with Gasteiger partial charge in [0.05, 0.1) is 0 Å². The van der Waals surface area contributed by atoms with Crippen molar-refractivity contribution in [3.8, 4) is 17.9 Å². The van der Waals surface area contributed by atoms with E-state index in [0.29, 0.717) is 17.9 Å². The maximum atomic E-state index is 9.33. The van der Waals surface area contributed by atoms with Crippen LogP contribution in [0.25, 0.3) is 5.57 Å². The van der Waals surface area contributed by atoms with Crippen LogP contribution in [-0.2, 0) is 0 Å². The third kappa shape index (κ3) is 5.85. The molecule has 0 atom stereocenters. The number of ether oxygens (including phenoxy) is 1. The molecule has 24 heavy (non-hydrogen) atoms. The highest BCUT2D eigenvalue weighted by molar-refractivity contribution is 8.21. The zero-order valence-corrected chi connectivity index (χ0v) is 15.9. The monoisotopic (exact) mass is 356 g/mol. The number of hydrogen-bond acceptors (Lipinski definition) is 5. The Labute approximate surface area is 152 Å². The lowest BCUT2D eigenvalue weighted by molar-refractivity contribution is 0.361. The number of allylic oxidation sites excluding steroid dienone is 4. The second kappa shape index (κ2) is 10.6. The molecular weight excluding hydrogens is 336 g/mol. The Kier molecular flexibility index (Phi) is 8.86. The number of para-hydroxylation sites is 1. The highest BCUT2D eigenvalue weighted by Gasteiger charge is 2.13. The molecular formula is C19H20N2OS2. The van der Waals surface area contributed by atoms with E-state index in [4.69, 9.17) is 4.74 Å². The van der Waals surface area contributed by atoms with Gasteiger partial charge in [0.1, 0.15) is 30.1 Å². The van der Waals surface area contributed by atoms with Crippen molar-refractivity contribution in [1.82, 2.24) is 0 Å². The molecule has 0 bridgehead atoms. The molecule has 0 amide bonds. The van der Waals surface area contributed by atoms with Crippen molar-refractivity contribution in [3.63, 3.8) is 0 Å². The molecule has 0 saturated heterocycles. The van der Waals surface area contributed by atoms with Crippen LogP contribution in [0.2, 0.25) is 0 Å². The molecule has 0 aliphatic carbocycles. The van der Waals surface area contributed by atoms with Crippen molar-refractivity contribution < 1.29 is 4.74 Å². The van der Waals surface area contributed by atoms with Gasteiger partial charge in [-0.2, -0.15) is 10.5 Å². The first-order valence-electron chi connectivity index (χ1n) is 7.27. The van der Waals surface area contributed by atoms with Crippen LogP contribution >= 0.6 is 23.5 Å². The number of nitrogens with zero attached hydrogens (tertiary/aromatic N) is 2. The Bertz CT molecular complexity index is 723. The molecule has 1 aromatic carbocycles. The SMILES string of the molecule is CSC(=CC(=C(C#N)C#N)c1ccccc1OCC=C(C)C)SC. The average Bonchev–Trinajstić information content (AvgIpc) is 2.59. The summed E-state index contributed by atoms with van der Waals surface area (Å²) < 4.78 is 6.87. The van der Waals surface area contributed by atoms with Crippen LogP contribution in [-0.4, -0.2) is 19.1 Å². The molecule has 0 radical (unpaired) electrons. The van der Waals surface area contributed by atoms with E-state index in [0.717, 1.165) is 9.80 Å². The van der Waals surface area contributed by atoms with Gasteiger partial charge < -0.3 is 4.74 Å². The van der Waals surface area contributed by atoms with Crippen LogP contribution in [0.5, 0.6) is 5.75 Å². The fourth-order valence-corrected chi connectivity index (χ4v) is 3.00. The fraction of sp³-hybridized carbons (Fsp3) is 0.263. The Morgan fingerprint density at radius 1 is 1.12 bits per heavy atom. The molecule has 1 rings (SSSR count). The highest BCUT2D eigenvalue weighted by atomic mass is 32.2. The van der Waals surface area contributed by atoms with Gasteiger partial charge in [-0.1, -0.05) is 23.8 Å². The Morgan fingerprint density at radius 3 is 2.29 bits per heavy atom. The van der Waals surface area contributed by atoms with Crippen LogP contribution < -0.4 is 4.74 Å². The molecule has 0 aliphatic heterocycles. The maximum absolute atomic E-state index is 9.33. The second-order valence-corrected chi connectivity index (χ2v) is 6.93. The van der Waals surface area contributed by atoms with E-state index >= 15 is 0 Å². The van der Waals surface area contributed by atoms with Gasteiger partial charge in [0, 0.05) is 15.4 Å². The van der Waals surface area contributed by atoms with E-state index < -0.39 is 0 Å². The van der Waals surface area contributed by atoms with Gasteiger partial charge in [0.2, 0.25) is 0 Å². The van der Waals surface area contributed by atoms with Crippen LogP contribution in [0, 0.1) is 22.7 Å². The standard InChI is InChI=1S/C19H20N2OS2/c1-14(2)9-10-22-18-8-6-5-7-16(18)17(15(12-20)13-21)11-19(23-3)24-4/h5-9,11H,10H2,1-4H3. The summed E-state index contributed by atoms with van der Waals surface area (Å²) in [4.78, 5) is 0. The van der Waals surface area contributed by atoms with E-state index in [2.05, 4.69) is 0 Å². The first-order chi connectivity index (χ1) is 11.6. The Balaban J connectivity index is 3.43. The summed E-state index contributed by atoms with van der Waals surface area (Å²) in [6.45, 7) is 4.47. The minimum Gasteiger partial charge on any atom is -0.489 e. The van der Waals surface area contributed by atoms with Gasteiger partial charge in [0.15, 0.2) is 0 Å². The van der Waals surface area contributed by atoms with Crippen LogP contribution in [0.1, 0.15) is 19.4 Å². The molecule has 0 fully saturated rings. The van der Waals surface area contributed by atoms with Gasteiger partial charge in [-0.25, -0.2) is 0 Å². The quantitative estimate of drug-likeness (QED) is 0.372. The molecule has 0 spiro atoms. The van der Waals surface area contributed by atoms with Crippen LogP contribution in [0.3, 0.4) is 0 Å². The van der Waals surface area contributed by atoms with Crippen molar-refractivity contribution in [3.05, 3.63) is 57.4 Å². The third-order valence-electron chi connectivity index (χ3n) is 3.07. The third-order valence-corrected chi connectivity index (χ3v) is 5.11. The van der Waals surface area contributed by atoms with Crippen molar-refractivity contribution in [1.29, 1.82) is 10.5 Å². The minimum atomic E-state index is 0.0777. The topological polar surface area (TPSA) is 56.8 Å². The van der Waals surface area contributed by atoms with Crippen molar-refractivity contribution >= 4 is 29.1 Å². The Hall–Kier alpha value is -2.08. The van der Waals surface area contributed by atoms with E-state index in [9.17, 15) is 10.5 Å². The normalized spacial score (nSPS) is 9.25.